The molecule has 0 unspecified atom stereocenters. The van der Waals surface area contributed by atoms with Crippen molar-refractivity contribution in [1.82, 2.24) is 9.97 Å². The summed E-state index contributed by atoms with van der Waals surface area (Å²) < 4.78 is 6.05. The van der Waals surface area contributed by atoms with E-state index in [0.717, 1.165) is 24.7 Å². The van der Waals surface area contributed by atoms with Gasteiger partial charge in [0.2, 0.25) is 5.95 Å². The van der Waals surface area contributed by atoms with Crippen LogP contribution >= 0.6 is 0 Å². The van der Waals surface area contributed by atoms with E-state index >= 15 is 0 Å². The number of aromatic nitrogens is 2. The van der Waals surface area contributed by atoms with Crippen molar-refractivity contribution in [3.8, 4) is 0 Å². The van der Waals surface area contributed by atoms with E-state index in [4.69, 9.17) is 4.74 Å². The Hall–Kier alpha value is -1.16. The van der Waals surface area contributed by atoms with E-state index in [2.05, 4.69) is 42.6 Å². The van der Waals surface area contributed by atoms with Crippen molar-refractivity contribution in [2.24, 2.45) is 0 Å². The van der Waals surface area contributed by atoms with E-state index in [-0.39, 0.29) is 11.2 Å². The number of ether oxygens (including phenoxy) is 1. The van der Waals surface area contributed by atoms with E-state index in [9.17, 15) is 0 Å². The molecule has 0 atom stereocenters. The topological polar surface area (TPSA) is 38.2 Å². The molecule has 17 heavy (non-hydrogen) atoms. The van der Waals surface area contributed by atoms with Crippen molar-refractivity contribution in [3.63, 3.8) is 0 Å². The smallest absolute Gasteiger partial charge is 0.225 e. The minimum Gasteiger partial charge on any atom is -0.366 e. The highest BCUT2D eigenvalue weighted by Gasteiger charge is 2.38. The summed E-state index contributed by atoms with van der Waals surface area (Å²) in [6, 6.07) is 1.92. The maximum absolute atomic E-state index is 6.05. The van der Waals surface area contributed by atoms with Crippen molar-refractivity contribution in [3.05, 3.63) is 18.0 Å². The van der Waals surface area contributed by atoms with Crippen LogP contribution in [-0.4, -0.2) is 34.3 Å². The molecule has 1 aliphatic heterocycles. The average molecular weight is 235 g/mol. The zero-order valence-electron chi connectivity index (χ0n) is 11.3. The molecular weight excluding hydrogens is 214 g/mol. The fraction of sp³-hybridized carbons (Fsp3) is 0.692. The molecule has 1 aromatic rings. The summed E-state index contributed by atoms with van der Waals surface area (Å²) >= 11 is 0. The summed E-state index contributed by atoms with van der Waals surface area (Å²) in [5.41, 5.74) is 0.654. The predicted octanol–water partition coefficient (Wildman–Crippen LogP) is 2.18. The number of morpholine rings is 1. The second kappa shape index (κ2) is 3.95. The molecule has 4 heteroatoms. The number of nitrogens with zero attached hydrogens (tertiary/aromatic N) is 3. The maximum atomic E-state index is 6.05. The van der Waals surface area contributed by atoms with E-state index < -0.39 is 0 Å². The quantitative estimate of drug-likeness (QED) is 0.748. The Morgan fingerprint density at radius 2 is 1.76 bits per heavy atom. The Labute approximate surface area is 103 Å². The largest absolute Gasteiger partial charge is 0.366 e. The lowest BCUT2D eigenvalue weighted by Gasteiger charge is -2.47. The molecule has 0 aliphatic carbocycles. The highest BCUT2D eigenvalue weighted by Crippen LogP contribution is 2.29. The molecule has 2 rings (SSSR count). The molecule has 0 bridgehead atoms. The van der Waals surface area contributed by atoms with Crippen LogP contribution < -0.4 is 4.90 Å². The van der Waals surface area contributed by atoms with Gasteiger partial charge in [-0.15, -0.1) is 0 Å². The molecule has 0 aromatic carbocycles. The Kier molecular flexibility index (Phi) is 2.86. The van der Waals surface area contributed by atoms with E-state index in [1.54, 1.807) is 0 Å². The van der Waals surface area contributed by atoms with Crippen LogP contribution in [0.1, 0.15) is 33.4 Å². The van der Waals surface area contributed by atoms with Crippen LogP contribution in [-0.2, 0) is 4.74 Å². The monoisotopic (exact) mass is 235 g/mol. The summed E-state index contributed by atoms with van der Waals surface area (Å²) in [5.74, 6) is 0.800. The molecule has 1 aliphatic rings. The van der Waals surface area contributed by atoms with Crippen LogP contribution in [0.3, 0.4) is 0 Å². The molecule has 1 aromatic heterocycles. The lowest BCUT2D eigenvalue weighted by atomic mass is 9.99. The first-order valence-corrected chi connectivity index (χ1v) is 6.02. The zero-order chi connectivity index (χ0) is 12.7. The maximum Gasteiger partial charge on any atom is 0.225 e. The molecule has 94 valence electrons. The average Bonchev–Trinajstić information content (AvgIpc) is 2.12. The van der Waals surface area contributed by atoms with Gasteiger partial charge in [-0.3, -0.25) is 0 Å². The SMILES string of the molecule is Cc1ccnc(N2CC(C)(C)OC(C)(C)C2)n1. The van der Waals surface area contributed by atoms with Crippen molar-refractivity contribution < 1.29 is 4.74 Å². The van der Waals surface area contributed by atoms with Crippen molar-refractivity contribution in [2.45, 2.75) is 45.8 Å². The second-order valence-corrected chi connectivity index (χ2v) is 5.98. The second-order valence-electron chi connectivity index (χ2n) is 5.98. The highest BCUT2D eigenvalue weighted by atomic mass is 16.5. The molecule has 0 amide bonds. The fourth-order valence-corrected chi connectivity index (χ4v) is 2.52. The van der Waals surface area contributed by atoms with Gasteiger partial charge in [-0.05, 0) is 40.7 Å². The Morgan fingerprint density at radius 1 is 1.18 bits per heavy atom. The number of hydrogen-bond acceptors (Lipinski definition) is 4. The lowest BCUT2D eigenvalue weighted by Crippen LogP contribution is -2.57. The van der Waals surface area contributed by atoms with Gasteiger partial charge in [0.05, 0.1) is 11.2 Å². The number of aryl methyl sites for hydroxylation is 1. The van der Waals surface area contributed by atoms with Gasteiger partial charge >= 0.3 is 0 Å². The summed E-state index contributed by atoms with van der Waals surface area (Å²) in [7, 11) is 0. The molecule has 0 saturated carbocycles. The van der Waals surface area contributed by atoms with Gasteiger partial charge in [0.1, 0.15) is 0 Å². The summed E-state index contributed by atoms with van der Waals surface area (Å²) in [4.78, 5) is 11.0. The number of hydrogen-bond donors (Lipinski definition) is 0. The predicted molar refractivity (Wildman–Crippen MR) is 68.2 cm³/mol. The van der Waals surface area contributed by atoms with Gasteiger partial charge in [0, 0.05) is 25.0 Å². The fourth-order valence-electron chi connectivity index (χ4n) is 2.52. The summed E-state index contributed by atoms with van der Waals surface area (Å²) in [6.45, 7) is 12.1. The highest BCUT2D eigenvalue weighted by molar-refractivity contribution is 5.33. The molecule has 4 nitrogen and oxygen atoms in total. The third-order valence-electron chi connectivity index (χ3n) is 2.76. The molecule has 2 heterocycles. The Balaban J connectivity index is 2.27. The third-order valence-corrected chi connectivity index (χ3v) is 2.76. The van der Waals surface area contributed by atoms with Crippen molar-refractivity contribution >= 4 is 5.95 Å². The number of anilines is 1. The van der Waals surface area contributed by atoms with Gasteiger partial charge in [-0.2, -0.15) is 0 Å². The van der Waals surface area contributed by atoms with Gasteiger partial charge in [-0.25, -0.2) is 9.97 Å². The minimum absolute atomic E-state index is 0.172. The lowest BCUT2D eigenvalue weighted by molar-refractivity contribution is -0.133. The molecule has 0 spiro atoms. The minimum atomic E-state index is -0.172. The van der Waals surface area contributed by atoms with E-state index in [1.165, 1.54) is 0 Å². The van der Waals surface area contributed by atoms with Gasteiger partial charge in [-0.1, -0.05) is 0 Å². The van der Waals surface area contributed by atoms with Crippen LogP contribution in [0.2, 0.25) is 0 Å². The number of rotatable bonds is 1. The van der Waals surface area contributed by atoms with Crippen LogP contribution in [0, 0.1) is 6.92 Å². The first-order valence-electron chi connectivity index (χ1n) is 6.02. The molecular formula is C13H21N3O. The van der Waals surface area contributed by atoms with Crippen LogP contribution in [0.5, 0.6) is 0 Å². The molecule has 0 radical (unpaired) electrons. The first kappa shape index (κ1) is 12.3. The van der Waals surface area contributed by atoms with E-state index in [1.807, 2.05) is 19.2 Å². The van der Waals surface area contributed by atoms with Gasteiger partial charge < -0.3 is 9.64 Å². The zero-order valence-corrected chi connectivity index (χ0v) is 11.3. The summed E-state index contributed by atoms with van der Waals surface area (Å²) in [5, 5.41) is 0. The third kappa shape index (κ3) is 2.94. The Bertz CT molecular complexity index is 399. The molecule has 1 fully saturated rings. The Morgan fingerprint density at radius 3 is 2.29 bits per heavy atom. The van der Waals surface area contributed by atoms with Crippen LogP contribution in [0.15, 0.2) is 12.3 Å². The standard InChI is InChI=1S/C13H21N3O/c1-10-6-7-14-11(15-10)16-8-12(2,3)17-13(4,5)9-16/h6-7H,8-9H2,1-5H3. The normalized spacial score (nSPS) is 22.5. The summed E-state index contributed by atoms with van der Waals surface area (Å²) in [6.07, 6.45) is 1.81. The van der Waals surface area contributed by atoms with Crippen molar-refractivity contribution in [1.29, 1.82) is 0 Å². The van der Waals surface area contributed by atoms with E-state index in [0.29, 0.717) is 0 Å². The molecule has 0 N–H and O–H groups in total. The van der Waals surface area contributed by atoms with Crippen molar-refractivity contribution in [2.75, 3.05) is 18.0 Å². The first-order chi connectivity index (χ1) is 7.77. The van der Waals surface area contributed by atoms with Gasteiger partial charge in [0.25, 0.3) is 0 Å². The van der Waals surface area contributed by atoms with Gasteiger partial charge in [0.15, 0.2) is 0 Å². The molecule has 1 saturated heterocycles. The van der Waals surface area contributed by atoms with Crippen LogP contribution in [0.4, 0.5) is 5.95 Å². The van der Waals surface area contributed by atoms with Crippen LogP contribution in [0.25, 0.3) is 0 Å².